The van der Waals surface area contributed by atoms with E-state index in [1.807, 2.05) is 0 Å². The Hall–Kier alpha value is -13.2. The molecule has 98 heavy (non-hydrogen) atoms. The van der Waals surface area contributed by atoms with Crippen molar-refractivity contribution in [3.05, 3.63) is 352 Å². The van der Waals surface area contributed by atoms with E-state index in [1.165, 1.54) is 109 Å². The van der Waals surface area contributed by atoms with E-state index in [0.29, 0.717) is 0 Å². The van der Waals surface area contributed by atoms with Crippen LogP contribution in [0.2, 0.25) is 0 Å². The van der Waals surface area contributed by atoms with Crippen molar-refractivity contribution in [3.63, 3.8) is 0 Å². The average molecular weight is 1250 g/mol. The van der Waals surface area contributed by atoms with Crippen LogP contribution in [0.4, 0.5) is 0 Å². The minimum atomic E-state index is 0.826. The van der Waals surface area contributed by atoms with Gasteiger partial charge in [-0.1, -0.05) is 303 Å². The molecule has 4 heterocycles. The highest BCUT2D eigenvalue weighted by Gasteiger charge is 2.23. The van der Waals surface area contributed by atoms with E-state index >= 15 is 0 Å². The fourth-order valence-corrected chi connectivity index (χ4v) is 15.0. The summed E-state index contributed by atoms with van der Waals surface area (Å²) in [5.74, 6) is 1.65. The highest BCUT2D eigenvalue weighted by molar-refractivity contribution is 6.20. The summed E-state index contributed by atoms with van der Waals surface area (Å²) >= 11 is 0. The zero-order chi connectivity index (χ0) is 64.6. The van der Waals surface area contributed by atoms with Gasteiger partial charge in [0.05, 0.1) is 22.1 Å². The molecule has 0 atom stereocenters. The van der Waals surface area contributed by atoms with E-state index in [1.54, 1.807) is 0 Å². The molecule has 0 spiro atoms. The largest absolute Gasteiger partial charge is 0.292 e. The van der Waals surface area contributed by atoms with E-state index in [2.05, 4.69) is 361 Å². The highest BCUT2D eigenvalue weighted by Crippen LogP contribution is 2.44. The first-order valence-electron chi connectivity index (χ1n) is 33.3. The Morgan fingerprint density at radius 3 is 1.18 bits per heavy atom. The van der Waals surface area contributed by atoms with Crippen molar-refractivity contribution in [2.75, 3.05) is 0 Å². The van der Waals surface area contributed by atoms with Gasteiger partial charge in [0.1, 0.15) is 11.4 Å². The first-order chi connectivity index (χ1) is 48.6. The van der Waals surface area contributed by atoms with Crippen LogP contribution in [0, 0.1) is 0 Å². The Balaban J connectivity index is 0.000000137. The minimum Gasteiger partial charge on any atom is -0.292 e. The van der Waals surface area contributed by atoms with E-state index in [9.17, 15) is 0 Å². The molecule has 0 saturated heterocycles. The average Bonchev–Trinajstić information content (AvgIpc) is 1.56. The Kier molecular flexibility index (Phi) is 13.5. The number of fused-ring (bicyclic) bond motifs is 12. The Bertz CT molecular complexity index is 6530. The number of hydrogen-bond acceptors (Lipinski definition) is 4. The SMILES string of the molecule is c1ccc(-c2ccc3c(c2)c2cc4ccccc4cc2n3-c2nnc(-c3ccc(-c4ccc5ccccc5c4)cc3)c3ccccc23)cc1.c1ccc(-c2cccc3c2c2cc4ccccc4cc2n3-c2nnc(-c3ccc(-c4cccc5ccccc45)cc3)c3ccccc23)cc1. The summed E-state index contributed by atoms with van der Waals surface area (Å²) in [7, 11) is 0. The quantitative estimate of drug-likeness (QED) is 0.152. The molecule has 0 bridgehead atoms. The number of aromatic nitrogens is 6. The molecule has 0 unspecified atom stereocenters. The van der Waals surface area contributed by atoms with Gasteiger partial charge in [-0.2, -0.15) is 0 Å². The summed E-state index contributed by atoms with van der Waals surface area (Å²) in [6, 6.07) is 126. The molecule has 16 aromatic carbocycles. The van der Waals surface area contributed by atoms with Crippen molar-refractivity contribution < 1.29 is 0 Å². The molecular weight excluding hydrogens is 1190 g/mol. The number of nitrogens with zero attached hydrogens (tertiary/aromatic N) is 6. The number of hydrogen-bond donors (Lipinski definition) is 0. The predicted octanol–water partition coefficient (Wildman–Crippen LogP) is 24.1. The van der Waals surface area contributed by atoms with Crippen LogP contribution in [0.3, 0.4) is 0 Å². The lowest BCUT2D eigenvalue weighted by atomic mass is 9.96. The Morgan fingerprint density at radius 2 is 0.561 bits per heavy atom. The second-order valence-corrected chi connectivity index (χ2v) is 25.3. The van der Waals surface area contributed by atoms with Gasteiger partial charge in [0.15, 0.2) is 11.6 Å². The fraction of sp³-hybridized carbons (Fsp3) is 0. The highest BCUT2D eigenvalue weighted by atomic mass is 15.2. The topological polar surface area (TPSA) is 61.4 Å². The number of benzene rings is 16. The maximum absolute atomic E-state index is 5.04. The van der Waals surface area contributed by atoms with Crippen molar-refractivity contribution in [3.8, 4) is 78.7 Å². The smallest absolute Gasteiger partial charge is 0.168 e. The van der Waals surface area contributed by atoms with Gasteiger partial charge in [0, 0.05) is 54.2 Å². The molecule has 0 radical (unpaired) electrons. The summed E-state index contributed by atoms with van der Waals surface area (Å²) in [5.41, 5.74) is 17.9. The second kappa shape index (κ2) is 23.4. The lowest BCUT2D eigenvalue weighted by molar-refractivity contribution is 0.977. The van der Waals surface area contributed by atoms with Crippen molar-refractivity contribution in [1.29, 1.82) is 0 Å². The van der Waals surface area contributed by atoms with Crippen LogP contribution in [-0.2, 0) is 0 Å². The van der Waals surface area contributed by atoms with Crippen molar-refractivity contribution in [2.24, 2.45) is 0 Å². The zero-order valence-corrected chi connectivity index (χ0v) is 53.2. The summed E-state index contributed by atoms with van der Waals surface area (Å²) in [5, 5.41) is 38.9. The third-order valence-corrected chi connectivity index (χ3v) is 19.7. The van der Waals surface area contributed by atoms with Gasteiger partial charge < -0.3 is 0 Å². The number of rotatable bonds is 8. The van der Waals surface area contributed by atoms with Gasteiger partial charge in [-0.05, 0) is 136 Å². The van der Waals surface area contributed by atoms with Crippen LogP contribution in [-0.4, -0.2) is 29.5 Å². The molecule has 456 valence electrons. The zero-order valence-electron chi connectivity index (χ0n) is 53.2. The Labute approximate surface area is 564 Å². The second-order valence-electron chi connectivity index (χ2n) is 25.3. The van der Waals surface area contributed by atoms with Crippen LogP contribution < -0.4 is 0 Å². The minimum absolute atomic E-state index is 0.826. The molecule has 6 heteroatoms. The molecule has 0 aliphatic rings. The van der Waals surface area contributed by atoms with Gasteiger partial charge in [0.25, 0.3) is 0 Å². The summed E-state index contributed by atoms with van der Waals surface area (Å²) in [6.45, 7) is 0. The van der Waals surface area contributed by atoms with Gasteiger partial charge >= 0.3 is 0 Å². The van der Waals surface area contributed by atoms with Crippen LogP contribution >= 0.6 is 0 Å². The Morgan fingerprint density at radius 1 is 0.173 bits per heavy atom. The monoisotopic (exact) mass is 1250 g/mol. The van der Waals surface area contributed by atoms with Gasteiger partial charge in [-0.25, -0.2) is 0 Å². The van der Waals surface area contributed by atoms with Crippen LogP contribution in [0.25, 0.3) is 187 Å². The van der Waals surface area contributed by atoms with Gasteiger partial charge in [-0.15, -0.1) is 20.4 Å². The standard InChI is InChI=1S/2C46H29N3/c1-2-12-31(13-3-1)38-22-11-23-42-44(38)41-28-34-15-4-5-16-35(34)29-43(41)49(42)46-40-20-9-8-19-39(40)45(47-48-46)33-26-24-32(25-27-33)37-21-10-17-30-14-6-7-18-36(30)37;1-2-10-30(11-3-1)38-24-25-43-41(28-38)42-27-35-14-6-7-15-36(35)29-44(42)49(43)46-40-17-9-8-16-39(40)45(47-48-46)33-21-18-32(19-22-33)37-23-20-31-12-4-5-13-34(31)26-37/h2*1-29H. The maximum Gasteiger partial charge on any atom is 0.168 e. The van der Waals surface area contributed by atoms with E-state index < -0.39 is 0 Å². The predicted molar refractivity (Wildman–Crippen MR) is 410 cm³/mol. The fourth-order valence-electron chi connectivity index (χ4n) is 15.0. The van der Waals surface area contributed by atoms with E-state index in [0.717, 1.165) is 77.8 Å². The summed E-state index contributed by atoms with van der Waals surface area (Å²) < 4.78 is 4.61. The maximum atomic E-state index is 5.04. The summed E-state index contributed by atoms with van der Waals surface area (Å²) in [4.78, 5) is 0. The van der Waals surface area contributed by atoms with Crippen LogP contribution in [0.5, 0.6) is 0 Å². The molecule has 20 aromatic rings. The lowest BCUT2D eigenvalue weighted by Gasteiger charge is -2.13. The summed E-state index contributed by atoms with van der Waals surface area (Å²) in [6.07, 6.45) is 0. The molecule has 4 aromatic heterocycles. The molecule has 0 aliphatic heterocycles. The third kappa shape index (κ3) is 9.57. The van der Waals surface area contributed by atoms with E-state index in [-0.39, 0.29) is 0 Å². The van der Waals surface area contributed by atoms with Crippen LogP contribution in [0.1, 0.15) is 0 Å². The van der Waals surface area contributed by atoms with Crippen LogP contribution in [0.15, 0.2) is 352 Å². The molecule has 0 saturated carbocycles. The lowest BCUT2D eigenvalue weighted by Crippen LogP contribution is -2.02. The molecule has 6 nitrogen and oxygen atoms in total. The van der Waals surface area contributed by atoms with Gasteiger partial charge in [0.2, 0.25) is 0 Å². The first-order valence-corrected chi connectivity index (χ1v) is 33.3. The van der Waals surface area contributed by atoms with Crippen molar-refractivity contribution >= 4 is 108 Å². The molecule has 0 aliphatic carbocycles. The van der Waals surface area contributed by atoms with Gasteiger partial charge in [-0.3, -0.25) is 9.13 Å². The molecule has 0 N–H and O–H groups in total. The first kappa shape index (κ1) is 56.4. The molecule has 0 fully saturated rings. The normalized spacial score (nSPS) is 11.7. The van der Waals surface area contributed by atoms with Crippen molar-refractivity contribution in [2.45, 2.75) is 0 Å². The molecule has 0 amide bonds. The third-order valence-electron chi connectivity index (χ3n) is 19.7. The molecular formula is C92H58N6. The van der Waals surface area contributed by atoms with E-state index in [4.69, 9.17) is 20.4 Å². The molecule has 20 rings (SSSR count). The van der Waals surface area contributed by atoms with Crippen molar-refractivity contribution in [1.82, 2.24) is 29.5 Å².